The number of carbonyl (C=O) groups is 2. The van der Waals surface area contributed by atoms with Gasteiger partial charge in [0, 0.05) is 17.1 Å². The van der Waals surface area contributed by atoms with Crippen LogP contribution in [0.25, 0.3) is 0 Å². The predicted octanol–water partition coefficient (Wildman–Crippen LogP) is 4.15. The van der Waals surface area contributed by atoms with Gasteiger partial charge in [-0.15, -0.1) is 0 Å². The molecule has 6 heteroatoms. The maximum absolute atomic E-state index is 12.4. The fourth-order valence-corrected chi connectivity index (χ4v) is 3.21. The van der Waals surface area contributed by atoms with Crippen molar-refractivity contribution in [2.24, 2.45) is 0 Å². The molecule has 0 fully saturated rings. The average molecular weight is 374 g/mol. The van der Waals surface area contributed by atoms with E-state index in [2.05, 4.69) is 0 Å². The summed E-state index contributed by atoms with van der Waals surface area (Å²) in [5.41, 5.74) is 1.42. The second-order valence-electron chi connectivity index (χ2n) is 6.12. The second-order valence-corrected chi connectivity index (χ2v) is 6.53. The maximum Gasteiger partial charge on any atom is 0.308 e. The number of nitrogens with zero attached hydrogens (tertiary/aromatic N) is 1. The number of carbonyl (C=O) groups excluding carboxylic acids is 2. The summed E-state index contributed by atoms with van der Waals surface area (Å²) < 4.78 is 11.1. The lowest BCUT2D eigenvalue weighted by Gasteiger charge is -2.32. The molecule has 0 radical (unpaired) electrons. The van der Waals surface area contributed by atoms with Crippen LogP contribution in [-0.4, -0.2) is 24.5 Å². The number of ether oxygens (including phenoxy) is 2. The van der Waals surface area contributed by atoms with Crippen molar-refractivity contribution in [1.29, 1.82) is 0 Å². The molecular formula is C20H20ClNO4. The van der Waals surface area contributed by atoms with E-state index >= 15 is 0 Å². The minimum Gasteiger partial charge on any atom is -0.479 e. The van der Waals surface area contributed by atoms with Crippen molar-refractivity contribution >= 4 is 29.2 Å². The van der Waals surface area contributed by atoms with Crippen molar-refractivity contribution < 1.29 is 19.1 Å². The third-order valence-electron chi connectivity index (χ3n) is 4.26. The van der Waals surface area contributed by atoms with E-state index in [0.717, 1.165) is 5.56 Å². The van der Waals surface area contributed by atoms with Crippen molar-refractivity contribution in [2.45, 2.75) is 32.5 Å². The number of anilines is 1. The second kappa shape index (κ2) is 7.79. The number of fused-ring (bicyclic) bond motifs is 1. The summed E-state index contributed by atoms with van der Waals surface area (Å²) in [5, 5.41) is 0.555. The highest BCUT2D eigenvalue weighted by molar-refractivity contribution is 6.31. The molecule has 1 amide bonds. The lowest BCUT2D eigenvalue weighted by Crippen LogP contribution is -2.45. The highest BCUT2D eigenvalue weighted by Crippen LogP contribution is 2.33. The van der Waals surface area contributed by atoms with Crippen molar-refractivity contribution in [3.8, 4) is 5.75 Å². The molecule has 0 aliphatic carbocycles. The number of esters is 1. The van der Waals surface area contributed by atoms with E-state index in [1.165, 1.54) is 0 Å². The first-order valence-corrected chi connectivity index (χ1v) is 8.86. The lowest BCUT2D eigenvalue weighted by atomic mass is 10.1. The number of halogens is 1. The molecule has 5 nitrogen and oxygen atoms in total. The molecule has 3 rings (SSSR count). The molecule has 1 aliphatic rings. The van der Waals surface area contributed by atoms with Crippen LogP contribution in [0, 0.1) is 0 Å². The number of rotatable bonds is 5. The smallest absolute Gasteiger partial charge is 0.308 e. The van der Waals surface area contributed by atoms with Gasteiger partial charge < -0.3 is 14.4 Å². The largest absolute Gasteiger partial charge is 0.479 e. The van der Waals surface area contributed by atoms with Gasteiger partial charge in [0.1, 0.15) is 11.9 Å². The zero-order chi connectivity index (χ0) is 18.7. The van der Waals surface area contributed by atoms with Gasteiger partial charge in [0.25, 0.3) is 5.91 Å². The summed E-state index contributed by atoms with van der Waals surface area (Å²) in [7, 11) is 0. The monoisotopic (exact) mass is 373 g/mol. The Balaban J connectivity index is 1.64. The predicted molar refractivity (Wildman–Crippen MR) is 99.5 cm³/mol. The topological polar surface area (TPSA) is 55.8 Å². The number of benzene rings is 2. The molecule has 136 valence electrons. The standard InChI is InChI=1S/C20H20ClNO4/c1-13(15-7-3-4-8-16(15)21)26-19(23)11-12-22-17-9-5-6-10-18(17)25-14(2)20(22)24/h3-10,13-14H,11-12H2,1-2H3/t13-,14-/m1/s1. The van der Waals surface area contributed by atoms with E-state index in [-0.39, 0.29) is 24.8 Å². The molecule has 2 atom stereocenters. The zero-order valence-electron chi connectivity index (χ0n) is 14.6. The maximum atomic E-state index is 12.4. The first-order chi connectivity index (χ1) is 12.5. The molecule has 0 bridgehead atoms. The Morgan fingerprint density at radius 2 is 1.92 bits per heavy atom. The Hall–Kier alpha value is -2.53. The van der Waals surface area contributed by atoms with E-state index in [0.29, 0.717) is 16.5 Å². The van der Waals surface area contributed by atoms with Gasteiger partial charge in [-0.05, 0) is 32.0 Å². The summed E-state index contributed by atoms with van der Waals surface area (Å²) in [6.07, 6.45) is -0.951. The Morgan fingerprint density at radius 1 is 1.23 bits per heavy atom. The summed E-state index contributed by atoms with van der Waals surface area (Å²) in [6.45, 7) is 3.71. The summed E-state index contributed by atoms with van der Waals surface area (Å²) in [5.74, 6) is 0.0786. The van der Waals surface area contributed by atoms with Crippen LogP contribution in [0.4, 0.5) is 5.69 Å². The Bertz CT molecular complexity index is 823. The molecule has 0 N–H and O–H groups in total. The molecule has 1 aliphatic heterocycles. The van der Waals surface area contributed by atoms with E-state index < -0.39 is 12.2 Å². The van der Waals surface area contributed by atoms with Crippen molar-refractivity contribution in [3.63, 3.8) is 0 Å². The van der Waals surface area contributed by atoms with Gasteiger partial charge in [-0.1, -0.05) is 41.9 Å². The van der Waals surface area contributed by atoms with Crippen LogP contribution in [0.2, 0.25) is 5.02 Å². The fourth-order valence-electron chi connectivity index (χ4n) is 2.92. The van der Waals surface area contributed by atoms with E-state index in [4.69, 9.17) is 21.1 Å². The highest BCUT2D eigenvalue weighted by atomic mass is 35.5. The summed E-state index contributed by atoms with van der Waals surface area (Å²) in [6, 6.07) is 14.5. The molecule has 0 spiro atoms. The Labute approximate surface area is 157 Å². The van der Waals surface area contributed by atoms with Crippen LogP contribution < -0.4 is 9.64 Å². The third kappa shape index (κ3) is 3.83. The minimum atomic E-state index is -0.581. The minimum absolute atomic E-state index is 0.0849. The van der Waals surface area contributed by atoms with Gasteiger partial charge in [-0.2, -0.15) is 0 Å². The van der Waals surface area contributed by atoms with Crippen LogP contribution in [0.1, 0.15) is 31.9 Å². The number of para-hydroxylation sites is 2. The number of hydrogen-bond donors (Lipinski definition) is 0. The summed E-state index contributed by atoms with van der Waals surface area (Å²) in [4.78, 5) is 26.2. The van der Waals surface area contributed by atoms with Crippen LogP contribution in [0.5, 0.6) is 5.75 Å². The van der Waals surface area contributed by atoms with Crippen LogP contribution in [0.15, 0.2) is 48.5 Å². The van der Waals surface area contributed by atoms with E-state index in [1.807, 2.05) is 36.4 Å². The molecule has 0 unspecified atom stereocenters. The van der Waals surface area contributed by atoms with E-state index in [1.54, 1.807) is 30.9 Å². The van der Waals surface area contributed by atoms with Crippen molar-refractivity contribution in [1.82, 2.24) is 0 Å². The van der Waals surface area contributed by atoms with Crippen molar-refractivity contribution in [2.75, 3.05) is 11.4 Å². The molecule has 26 heavy (non-hydrogen) atoms. The summed E-state index contributed by atoms with van der Waals surface area (Å²) >= 11 is 6.13. The first-order valence-electron chi connectivity index (χ1n) is 8.48. The van der Waals surface area contributed by atoms with Crippen LogP contribution >= 0.6 is 11.6 Å². The van der Waals surface area contributed by atoms with Gasteiger partial charge in [-0.25, -0.2) is 0 Å². The molecule has 0 saturated carbocycles. The fraction of sp³-hybridized carbons (Fsp3) is 0.300. The molecule has 0 aromatic heterocycles. The first kappa shape index (κ1) is 18.3. The van der Waals surface area contributed by atoms with Gasteiger partial charge in [-0.3, -0.25) is 9.59 Å². The Kier molecular flexibility index (Phi) is 5.47. The number of amides is 1. The zero-order valence-corrected chi connectivity index (χ0v) is 15.4. The van der Waals surface area contributed by atoms with Gasteiger partial charge in [0.2, 0.25) is 0 Å². The Morgan fingerprint density at radius 3 is 2.69 bits per heavy atom. The molecule has 1 heterocycles. The SMILES string of the molecule is C[C@H]1Oc2ccccc2N(CCC(=O)O[C@H](C)c2ccccc2Cl)C1=O. The number of hydrogen-bond acceptors (Lipinski definition) is 4. The quantitative estimate of drug-likeness (QED) is 0.739. The normalized spacial score (nSPS) is 17.3. The molecule has 2 aromatic rings. The highest BCUT2D eigenvalue weighted by Gasteiger charge is 2.31. The molecule has 2 aromatic carbocycles. The lowest BCUT2D eigenvalue weighted by molar-refractivity contribution is -0.148. The van der Waals surface area contributed by atoms with Crippen molar-refractivity contribution in [3.05, 3.63) is 59.1 Å². The van der Waals surface area contributed by atoms with E-state index in [9.17, 15) is 9.59 Å². The van der Waals surface area contributed by atoms with Gasteiger partial charge >= 0.3 is 5.97 Å². The third-order valence-corrected chi connectivity index (χ3v) is 4.61. The average Bonchev–Trinajstić information content (AvgIpc) is 2.62. The van der Waals surface area contributed by atoms with Gasteiger partial charge in [0.05, 0.1) is 12.1 Å². The molecule has 0 saturated heterocycles. The van der Waals surface area contributed by atoms with Crippen LogP contribution in [-0.2, 0) is 14.3 Å². The van der Waals surface area contributed by atoms with Crippen LogP contribution in [0.3, 0.4) is 0 Å². The van der Waals surface area contributed by atoms with Gasteiger partial charge in [0.15, 0.2) is 6.10 Å². The molecular weight excluding hydrogens is 354 g/mol.